The number of carbonyl (C=O) groups excluding carboxylic acids is 2. The van der Waals surface area contributed by atoms with E-state index >= 15 is 0 Å². The van der Waals surface area contributed by atoms with Crippen LogP contribution in [0.25, 0.3) is 0 Å². The van der Waals surface area contributed by atoms with Crippen LogP contribution in [0.2, 0.25) is 0 Å². The third-order valence-corrected chi connectivity index (χ3v) is 5.56. The Balaban J connectivity index is 1.59. The average Bonchev–Trinajstić information content (AvgIpc) is 2.70. The van der Waals surface area contributed by atoms with Gasteiger partial charge in [0.05, 0.1) is 17.3 Å². The summed E-state index contributed by atoms with van der Waals surface area (Å²) in [5.74, 6) is -0.245. The Morgan fingerprint density at radius 1 is 0.821 bits per heavy atom. The molecular formula is C21H14I2N2O3. The molecule has 0 spiro atoms. The number of amides is 1. The van der Waals surface area contributed by atoms with Gasteiger partial charge in [-0.05, 0) is 99.3 Å². The zero-order valence-electron chi connectivity index (χ0n) is 14.4. The van der Waals surface area contributed by atoms with Crippen LogP contribution in [0.1, 0.15) is 26.3 Å². The Bertz CT molecular complexity index is 1030. The molecule has 0 aliphatic heterocycles. The van der Waals surface area contributed by atoms with Gasteiger partial charge in [-0.2, -0.15) is 5.10 Å². The summed E-state index contributed by atoms with van der Waals surface area (Å²) in [6.07, 6.45) is 1.53. The molecule has 0 atom stereocenters. The van der Waals surface area contributed by atoms with Gasteiger partial charge in [0.25, 0.3) is 5.91 Å². The predicted molar refractivity (Wildman–Crippen MR) is 125 cm³/mol. The Morgan fingerprint density at radius 3 is 2.00 bits per heavy atom. The number of hydrogen-bond acceptors (Lipinski definition) is 4. The summed E-state index contributed by atoms with van der Waals surface area (Å²) in [6, 6.07) is 21.4. The predicted octanol–water partition coefficient (Wildman–Crippen LogP) is 4.88. The van der Waals surface area contributed by atoms with Crippen LogP contribution in [0.4, 0.5) is 0 Å². The van der Waals surface area contributed by atoms with Gasteiger partial charge in [0, 0.05) is 7.14 Å². The first kappa shape index (κ1) is 20.5. The van der Waals surface area contributed by atoms with Crippen LogP contribution in [0.15, 0.2) is 77.9 Å². The lowest BCUT2D eigenvalue weighted by Crippen LogP contribution is -2.18. The second-order valence-electron chi connectivity index (χ2n) is 5.62. The summed E-state index contributed by atoms with van der Waals surface area (Å²) in [5, 5.41) is 3.97. The van der Waals surface area contributed by atoms with Crippen LogP contribution in [-0.4, -0.2) is 18.1 Å². The molecule has 28 heavy (non-hydrogen) atoms. The van der Waals surface area contributed by atoms with Crippen molar-refractivity contribution in [2.24, 2.45) is 5.10 Å². The zero-order chi connectivity index (χ0) is 19.9. The fourth-order valence-corrected chi connectivity index (χ4v) is 3.52. The number of halogens is 2. The van der Waals surface area contributed by atoms with E-state index in [9.17, 15) is 9.59 Å². The molecule has 0 aromatic heterocycles. The minimum Gasteiger partial charge on any atom is -0.423 e. The number of carbonyl (C=O) groups is 2. The minimum atomic E-state index is -0.406. The molecule has 3 aromatic rings. The molecule has 0 unspecified atom stereocenters. The molecule has 0 heterocycles. The molecule has 1 N–H and O–H groups in total. The standard InChI is InChI=1S/C21H14I2N2O3/c22-18-7-3-1-5-16(18)20(26)25-24-13-14-9-11-15(12-10-14)28-21(27)17-6-2-4-8-19(17)23/h1-13H,(H,25,26)/b24-13+. The van der Waals surface area contributed by atoms with Crippen molar-refractivity contribution < 1.29 is 14.3 Å². The van der Waals surface area contributed by atoms with E-state index < -0.39 is 5.97 Å². The number of hydrogen-bond donors (Lipinski definition) is 1. The van der Waals surface area contributed by atoms with E-state index in [1.54, 1.807) is 48.5 Å². The summed E-state index contributed by atoms with van der Waals surface area (Å²) in [4.78, 5) is 24.3. The lowest BCUT2D eigenvalue weighted by molar-refractivity contribution is 0.0733. The Hall–Kier alpha value is -2.27. The van der Waals surface area contributed by atoms with E-state index in [0.29, 0.717) is 16.9 Å². The first-order valence-electron chi connectivity index (χ1n) is 8.19. The molecule has 0 aliphatic rings. The van der Waals surface area contributed by atoms with E-state index in [2.05, 4.69) is 55.7 Å². The maximum atomic E-state index is 12.2. The highest BCUT2D eigenvalue weighted by Gasteiger charge is 2.11. The van der Waals surface area contributed by atoms with E-state index in [4.69, 9.17) is 4.74 Å². The minimum absolute atomic E-state index is 0.274. The highest BCUT2D eigenvalue weighted by molar-refractivity contribution is 14.1. The second kappa shape index (κ2) is 9.78. The molecule has 1 amide bonds. The van der Waals surface area contributed by atoms with Gasteiger partial charge in [-0.25, -0.2) is 10.2 Å². The van der Waals surface area contributed by atoms with Gasteiger partial charge < -0.3 is 4.74 Å². The van der Waals surface area contributed by atoms with Crippen molar-refractivity contribution in [1.29, 1.82) is 0 Å². The summed E-state index contributed by atoms with van der Waals surface area (Å²) in [7, 11) is 0. The summed E-state index contributed by atoms with van der Waals surface area (Å²) in [6.45, 7) is 0. The molecule has 0 saturated carbocycles. The largest absolute Gasteiger partial charge is 0.423 e. The Kier molecular flexibility index (Phi) is 7.15. The number of hydrazone groups is 1. The average molecular weight is 596 g/mol. The fourth-order valence-electron chi connectivity index (χ4n) is 2.28. The van der Waals surface area contributed by atoms with E-state index in [-0.39, 0.29) is 5.91 Å². The molecular weight excluding hydrogens is 582 g/mol. The lowest BCUT2D eigenvalue weighted by atomic mass is 10.2. The second-order valence-corrected chi connectivity index (χ2v) is 7.94. The summed E-state index contributed by atoms with van der Waals surface area (Å²) < 4.78 is 7.08. The molecule has 3 rings (SSSR count). The highest BCUT2D eigenvalue weighted by Crippen LogP contribution is 2.17. The number of nitrogens with zero attached hydrogens (tertiary/aromatic N) is 1. The SMILES string of the molecule is O=C(N/N=C/c1ccc(OC(=O)c2ccccc2I)cc1)c1ccccc1I. The van der Waals surface area contributed by atoms with Crippen LogP contribution in [0.5, 0.6) is 5.75 Å². The molecule has 140 valence electrons. The lowest BCUT2D eigenvalue weighted by Gasteiger charge is -2.06. The van der Waals surface area contributed by atoms with Crippen molar-refractivity contribution in [3.8, 4) is 5.75 Å². The third-order valence-electron chi connectivity index (χ3n) is 3.68. The smallest absolute Gasteiger partial charge is 0.344 e. The Morgan fingerprint density at radius 2 is 1.39 bits per heavy atom. The molecule has 0 radical (unpaired) electrons. The number of esters is 1. The van der Waals surface area contributed by atoms with Gasteiger partial charge in [0.15, 0.2) is 0 Å². The Labute approximate surface area is 189 Å². The summed E-state index contributed by atoms with van der Waals surface area (Å²) in [5.41, 5.74) is 4.35. The molecule has 0 saturated heterocycles. The third kappa shape index (κ3) is 5.38. The first-order chi connectivity index (χ1) is 13.5. The number of rotatable bonds is 5. The van der Waals surface area contributed by atoms with Crippen LogP contribution < -0.4 is 10.2 Å². The van der Waals surface area contributed by atoms with E-state index in [0.717, 1.165) is 12.7 Å². The van der Waals surface area contributed by atoms with Crippen molar-refractivity contribution in [2.45, 2.75) is 0 Å². The van der Waals surface area contributed by atoms with Gasteiger partial charge in [-0.15, -0.1) is 0 Å². The van der Waals surface area contributed by atoms with Gasteiger partial charge in [0.2, 0.25) is 0 Å². The van der Waals surface area contributed by atoms with Crippen molar-refractivity contribution in [2.75, 3.05) is 0 Å². The monoisotopic (exact) mass is 596 g/mol. The first-order valence-corrected chi connectivity index (χ1v) is 10.3. The maximum Gasteiger partial charge on any atom is 0.344 e. The van der Waals surface area contributed by atoms with Gasteiger partial charge >= 0.3 is 5.97 Å². The van der Waals surface area contributed by atoms with Gasteiger partial charge in [0.1, 0.15) is 5.75 Å². The van der Waals surface area contributed by atoms with E-state index in [1.165, 1.54) is 6.21 Å². The molecule has 0 fully saturated rings. The van der Waals surface area contributed by atoms with Crippen molar-refractivity contribution in [3.05, 3.63) is 96.6 Å². The topological polar surface area (TPSA) is 67.8 Å². The quantitative estimate of drug-likeness (QED) is 0.150. The van der Waals surface area contributed by atoms with Crippen molar-refractivity contribution in [1.82, 2.24) is 5.43 Å². The fraction of sp³-hybridized carbons (Fsp3) is 0. The maximum absolute atomic E-state index is 12.2. The van der Waals surface area contributed by atoms with Crippen LogP contribution in [-0.2, 0) is 0 Å². The van der Waals surface area contributed by atoms with Crippen molar-refractivity contribution in [3.63, 3.8) is 0 Å². The van der Waals surface area contributed by atoms with Gasteiger partial charge in [-0.3, -0.25) is 4.79 Å². The van der Waals surface area contributed by atoms with Crippen LogP contribution >= 0.6 is 45.2 Å². The van der Waals surface area contributed by atoms with Crippen molar-refractivity contribution >= 4 is 63.3 Å². The number of benzene rings is 3. The summed E-state index contributed by atoms with van der Waals surface area (Å²) >= 11 is 4.20. The zero-order valence-corrected chi connectivity index (χ0v) is 18.7. The molecule has 0 bridgehead atoms. The molecule has 0 aliphatic carbocycles. The van der Waals surface area contributed by atoms with E-state index in [1.807, 2.05) is 24.3 Å². The number of nitrogens with one attached hydrogen (secondary N) is 1. The molecule has 3 aromatic carbocycles. The normalized spacial score (nSPS) is 10.6. The molecule has 5 nitrogen and oxygen atoms in total. The van der Waals surface area contributed by atoms with Gasteiger partial charge in [-0.1, -0.05) is 24.3 Å². The molecule has 7 heteroatoms. The van der Waals surface area contributed by atoms with Crippen LogP contribution in [0, 0.1) is 7.14 Å². The highest BCUT2D eigenvalue weighted by atomic mass is 127. The van der Waals surface area contributed by atoms with Crippen LogP contribution in [0.3, 0.4) is 0 Å². The number of ether oxygens (including phenoxy) is 1.